The number of hydrogen-bond donors (Lipinski definition) is 1. The zero-order chi connectivity index (χ0) is 9.97. The standard InChI is InChI=1S/C12H16N2/c1-2-3-7-14-8-6-10-4-5-11(13)9-12(10)14/h4-6,8-9H,2-3,7,13H2,1H3. The van der Waals surface area contributed by atoms with Gasteiger partial charge < -0.3 is 10.3 Å². The molecule has 0 aliphatic rings. The molecule has 1 heterocycles. The fourth-order valence-corrected chi connectivity index (χ4v) is 1.72. The summed E-state index contributed by atoms with van der Waals surface area (Å²) in [6, 6.07) is 8.22. The van der Waals surface area contributed by atoms with E-state index in [4.69, 9.17) is 5.73 Å². The van der Waals surface area contributed by atoms with E-state index in [-0.39, 0.29) is 0 Å². The molecule has 0 spiro atoms. The van der Waals surface area contributed by atoms with Crippen molar-refractivity contribution in [1.82, 2.24) is 4.57 Å². The Morgan fingerprint density at radius 3 is 2.93 bits per heavy atom. The molecule has 0 aliphatic carbocycles. The predicted molar refractivity (Wildman–Crippen MR) is 61.3 cm³/mol. The Kier molecular flexibility index (Phi) is 2.44. The first-order valence-electron chi connectivity index (χ1n) is 5.15. The maximum absolute atomic E-state index is 5.77. The van der Waals surface area contributed by atoms with Crippen LogP contribution < -0.4 is 5.73 Å². The normalized spacial score (nSPS) is 10.9. The molecular formula is C12H16N2. The van der Waals surface area contributed by atoms with Gasteiger partial charge in [0.05, 0.1) is 5.52 Å². The Hall–Kier alpha value is -1.44. The lowest BCUT2D eigenvalue weighted by atomic mass is 10.2. The van der Waals surface area contributed by atoms with Crippen LogP contribution >= 0.6 is 0 Å². The Labute approximate surface area is 84.3 Å². The van der Waals surface area contributed by atoms with Crippen molar-refractivity contribution in [2.24, 2.45) is 0 Å². The molecule has 0 bridgehead atoms. The van der Waals surface area contributed by atoms with E-state index < -0.39 is 0 Å². The minimum atomic E-state index is 0.842. The third-order valence-electron chi connectivity index (χ3n) is 2.55. The molecule has 0 fully saturated rings. The van der Waals surface area contributed by atoms with Crippen LogP contribution in [0.15, 0.2) is 30.5 Å². The molecule has 2 rings (SSSR count). The van der Waals surface area contributed by atoms with Crippen molar-refractivity contribution < 1.29 is 0 Å². The molecule has 0 aliphatic heterocycles. The number of aromatic nitrogens is 1. The van der Waals surface area contributed by atoms with Crippen molar-refractivity contribution >= 4 is 16.6 Å². The highest BCUT2D eigenvalue weighted by Crippen LogP contribution is 2.19. The van der Waals surface area contributed by atoms with Crippen molar-refractivity contribution in [2.75, 3.05) is 5.73 Å². The Balaban J connectivity index is 2.40. The summed E-state index contributed by atoms with van der Waals surface area (Å²) in [4.78, 5) is 0. The number of unbranched alkanes of at least 4 members (excludes halogenated alkanes) is 1. The topological polar surface area (TPSA) is 30.9 Å². The summed E-state index contributed by atoms with van der Waals surface area (Å²) in [5.41, 5.74) is 7.86. The zero-order valence-corrected chi connectivity index (χ0v) is 8.53. The maximum atomic E-state index is 5.77. The number of hydrogen-bond acceptors (Lipinski definition) is 1. The monoisotopic (exact) mass is 188 g/mol. The van der Waals surface area contributed by atoms with E-state index in [2.05, 4.69) is 29.8 Å². The number of rotatable bonds is 3. The number of nitrogens with zero attached hydrogens (tertiary/aromatic N) is 1. The van der Waals surface area contributed by atoms with Crippen LogP contribution in [0, 0.1) is 0 Å². The van der Waals surface area contributed by atoms with E-state index in [0.29, 0.717) is 0 Å². The first kappa shape index (κ1) is 9.13. The first-order valence-corrected chi connectivity index (χ1v) is 5.15. The molecule has 2 N–H and O–H groups in total. The molecule has 0 atom stereocenters. The summed E-state index contributed by atoms with van der Waals surface area (Å²) in [5, 5.41) is 1.27. The quantitative estimate of drug-likeness (QED) is 0.737. The Morgan fingerprint density at radius 1 is 1.29 bits per heavy atom. The number of anilines is 1. The minimum absolute atomic E-state index is 0.842. The molecule has 2 aromatic rings. The lowest BCUT2D eigenvalue weighted by molar-refractivity contribution is 0.650. The molecule has 0 unspecified atom stereocenters. The smallest absolute Gasteiger partial charge is 0.0500 e. The second kappa shape index (κ2) is 3.74. The maximum Gasteiger partial charge on any atom is 0.0500 e. The Bertz CT molecular complexity index is 429. The average Bonchev–Trinajstić information content (AvgIpc) is 2.57. The van der Waals surface area contributed by atoms with Crippen molar-refractivity contribution in [3.8, 4) is 0 Å². The van der Waals surface area contributed by atoms with Gasteiger partial charge in [-0.25, -0.2) is 0 Å². The average molecular weight is 188 g/mol. The van der Waals surface area contributed by atoms with Crippen molar-refractivity contribution in [3.63, 3.8) is 0 Å². The number of nitrogen functional groups attached to an aromatic ring is 1. The van der Waals surface area contributed by atoms with Gasteiger partial charge in [-0.05, 0) is 30.0 Å². The molecular weight excluding hydrogens is 172 g/mol. The summed E-state index contributed by atoms with van der Waals surface area (Å²) < 4.78 is 2.27. The van der Waals surface area contributed by atoms with Crippen LogP contribution in [-0.2, 0) is 6.54 Å². The number of fused-ring (bicyclic) bond motifs is 1. The van der Waals surface area contributed by atoms with E-state index in [0.717, 1.165) is 12.2 Å². The SMILES string of the molecule is CCCCn1ccc2ccc(N)cc21. The molecule has 0 saturated carbocycles. The van der Waals surface area contributed by atoms with Crippen LogP contribution in [0.3, 0.4) is 0 Å². The molecule has 2 heteroatoms. The minimum Gasteiger partial charge on any atom is -0.399 e. The third-order valence-corrected chi connectivity index (χ3v) is 2.55. The Morgan fingerprint density at radius 2 is 2.14 bits per heavy atom. The highest BCUT2D eigenvalue weighted by Gasteiger charge is 2.00. The zero-order valence-electron chi connectivity index (χ0n) is 8.53. The molecule has 74 valence electrons. The van der Waals surface area contributed by atoms with Gasteiger partial charge in [-0.3, -0.25) is 0 Å². The summed E-state index contributed by atoms with van der Waals surface area (Å²) in [5.74, 6) is 0. The van der Waals surface area contributed by atoms with E-state index in [1.165, 1.54) is 23.7 Å². The molecule has 1 aromatic heterocycles. The second-order valence-electron chi connectivity index (χ2n) is 3.68. The van der Waals surface area contributed by atoms with Gasteiger partial charge in [-0.15, -0.1) is 0 Å². The summed E-state index contributed by atoms with van der Waals surface area (Å²) in [6.45, 7) is 3.30. The highest BCUT2D eigenvalue weighted by atomic mass is 14.9. The van der Waals surface area contributed by atoms with Gasteiger partial charge in [-0.2, -0.15) is 0 Å². The van der Waals surface area contributed by atoms with Gasteiger partial charge in [0, 0.05) is 18.4 Å². The van der Waals surface area contributed by atoms with Crippen LogP contribution in [-0.4, -0.2) is 4.57 Å². The molecule has 2 nitrogen and oxygen atoms in total. The summed E-state index contributed by atoms with van der Waals surface area (Å²) >= 11 is 0. The van der Waals surface area contributed by atoms with Crippen LogP contribution in [0.2, 0.25) is 0 Å². The van der Waals surface area contributed by atoms with Gasteiger partial charge in [0.1, 0.15) is 0 Å². The largest absolute Gasteiger partial charge is 0.399 e. The van der Waals surface area contributed by atoms with Crippen LogP contribution in [0.5, 0.6) is 0 Å². The van der Waals surface area contributed by atoms with E-state index in [1.54, 1.807) is 0 Å². The highest BCUT2D eigenvalue weighted by molar-refractivity contribution is 5.83. The van der Waals surface area contributed by atoms with Crippen molar-refractivity contribution in [2.45, 2.75) is 26.3 Å². The second-order valence-corrected chi connectivity index (χ2v) is 3.68. The first-order chi connectivity index (χ1) is 6.81. The van der Waals surface area contributed by atoms with Crippen molar-refractivity contribution in [3.05, 3.63) is 30.5 Å². The molecule has 14 heavy (non-hydrogen) atoms. The molecule has 0 radical (unpaired) electrons. The van der Waals surface area contributed by atoms with E-state index >= 15 is 0 Å². The van der Waals surface area contributed by atoms with Gasteiger partial charge in [-0.1, -0.05) is 19.4 Å². The summed E-state index contributed by atoms with van der Waals surface area (Å²) in [6.07, 6.45) is 4.58. The van der Waals surface area contributed by atoms with Crippen LogP contribution in [0.1, 0.15) is 19.8 Å². The fourth-order valence-electron chi connectivity index (χ4n) is 1.72. The van der Waals surface area contributed by atoms with Gasteiger partial charge >= 0.3 is 0 Å². The lowest BCUT2D eigenvalue weighted by Crippen LogP contribution is -1.95. The fraction of sp³-hybridized carbons (Fsp3) is 0.333. The molecule has 0 saturated heterocycles. The lowest BCUT2D eigenvalue weighted by Gasteiger charge is -2.04. The van der Waals surface area contributed by atoms with Crippen LogP contribution in [0.25, 0.3) is 10.9 Å². The van der Waals surface area contributed by atoms with Gasteiger partial charge in [0.15, 0.2) is 0 Å². The number of nitrogens with two attached hydrogens (primary N) is 1. The molecule has 0 amide bonds. The van der Waals surface area contributed by atoms with E-state index in [1.807, 2.05) is 12.1 Å². The predicted octanol–water partition coefficient (Wildman–Crippen LogP) is 3.02. The van der Waals surface area contributed by atoms with Gasteiger partial charge in [0.25, 0.3) is 0 Å². The number of benzene rings is 1. The van der Waals surface area contributed by atoms with Crippen LogP contribution in [0.4, 0.5) is 5.69 Å². The van der Waals surface area contributed by atoms with Crippen molar-refractivity contribution in [1.29, 1.82) is 0 Å². The number of aryl methyl sites for hydroxylation is 1. The molecule has 1 aromatic carbocycles. The summed E-state index contributed by atoms with van der Waals surface area (Å²) in [7, 11) is 0. The van der Waals surface area contributed by atoms with Gasteiger partial charge in [0.2, 0.25) is 0 Å². The van der Waals surface area contributed by atoms with E-state index in [9.17, 15) is 0 Å². The third kappa shape index (κ3) is 1.60.